The van der Waals surface area contributed by atoms with E-state index in [1.807, 2.05) is 38.1 Å². The number of unbranched alkanes of at least 4 members (excludes halogenated alkanes) is 1. The second-order valence-electron chi connectivity index (χ2n) is 7.50. The van der Waals surface area contributed by atoms with Crippen LogP contribution in [0.5, 0.6) is 11.5 Å². The maximum absolute atomic E-state index is 5.97. The number of aromatic nitrogens is 2. The Hall–Kier alpha value is -3.02. The van der Waals surface area contributed by atoms with E-state index < -0.39 is 0 Å². The Bertz CT molecular complexity index is 1070. The summed E-state index contributed by atoms with van der Waals surface area (Å²) in [5, 5.41) is 10.4. The summed E-state index contributed by atoms with van der Waals surface area (Å²) in [7, 11) is 0. The maximum Gasteiger partial charge on any atom is 0.173 e. The Morgan fingerprint density at radius 1 is 0.700 bits per heavy atom. The number of aryl methyl sites for hydroxylation is 4. The molecular weight excluding hydrogens is 380 g/mol. The molecule has 0 unspecified atom stereocenters. The summed E-state index contributed by atoms with van der Waals surface area (Å²) in [6.45, 7) is 9.43. The lowest BCUT2D eigenvalue weighted by Crippen LogP contribution is -2.04. The van der Waals surface area contributed by atoms with Gasteiger partial charge in [0.25, 0.3) is 0 Å². The fourth-order valence-electron chi connectivity index (χ4n) is 3.73. The van der Waals surface area contributed by atoms with Gasteiger partial charge in [-0.1, -0.05) is 24.2 Å². The molecule has 2 heterocycles. The molecule has 0 radical (unpaired) electrons. The minimum Gasteiger partial charge on any atom is -0.493 e. The van der Waals surface area contributed by atoms with Gasteiger partial charge in [0.1, 0.15) is 11.5 Å². The van der Waals surface area contributed by atoms with E-state index in [2.05, 4.69) is 24.2 Å². The molecule has 0 saturated heterocycles. The van der Waals surface area contributed by atoms with Gasteiger partial charge in [0.15, 0.2) is 11.2 Å². The molecule has 158 valence electrons. The molecule has 0 atom stereocenters. The fourth-order valence-corrected chi connectivity index (χ4v) is 3.73. The van der Waals surface area contributed by atoms with Gasteiger partial charge < -0.3 is 18.5 Å². The van der Waals surface area contributed by atoms with E-state index in [-0.39, 0.29) is 0 Å². The van der Waals surface area contributed by atoms with Crippen LogP contribution in [0.4, 0.5) is 0 Å². The molecule has 0 spiro atoms. The van der Waals surface area contributed by atoms with E-state index in [0.717, 1.165) is 81.6 Å². The molecule has 2 aromatic heterocycles. The highest BCUT2D eigenvalue weighted by atomic mass is 16.5. The van der Waals surface area contributed by atoms with E-state index in [1.165, 1.54) is 0 Å². The predicted molar refractivity (Wildman–Crippen MR) is 116 cm³/mol. The third-order valence-electron chi connectivity index (χ3n) is 5.55. The van der Waals surface area contributed by atoms with Gasteiger partial charge in [-0.05, 0) is 63.8 Å². The van der Waals surface area contributed by atoms with E-state index >= 15 is 0 Å². The van der Waals surface area contributed by atoms with Crippen molar-refractivity contribution in [1.82, 2.24) is 10.3 Å². The van der Waals surface area contributed by atoms with Crippen LogP contribution in [0.25, 0.3) is 21.9 Å². The highest BCUT2D eigenvalue weighted by Crippen LogP contribution is 2.31. The van der Waals surface area contributed by atoms with Gasteiger partial charge in [-0.15, -0.1) is 0 Å². The largest absolute Gasteiger partial charge is 0.493 e. The second kappa shape index (κ2) is 8.78. The van der Waals surface area contributed by atoms with Crippen LogP contribution in [0.3, 0.4) is 0 Å². The van der Waals surface area contributed by atoms with Gasteiger partial charge in [0, 0.05) is 21.9 Å². The number of fused-ring (bicyclic) bond motifs is 2. The highest BCUT2D eigenvalue weighted by Gasteiger charge is 2.14. The molecule has 4 rings (SSSR count). The van der Waals surface area contributed by atoms with Crippen molar-refractivity contribution in [3.8, 4) is 11.5 Å². The number of ether oxygens (including phenoxy) is 2. The summed E-state index contributed by atoms with van der Waals surface area (Å²) in [5.41, 5.74) is 5.61. The fraction of sp³-hybridized carbons (Fsp3) is 0.417. The molecule has 6 nitrogen and oxygen atoms in total. The van der Waals surface area contributed by atoms with Gasteiger partial charge >= 0.3 is 0 Å². The van der Waals surface area contributed by atoms with Crippen LogP contribution in [0, 0.1) is 13.8 Å². The van der Waals surface area contributed by atoms with E-state index in [1.54, 1.807) is 0 Å². The Balaban J connectivity index is 1.28. The zero-order valence-corrected chi connectivity index (χ0v) is 18.1. The smallest absolute Gasteiger partial charge is 0.173 e. The Labute approximate surface area is 176 Å². The first-order chi connectivity index (χ1) is 14.6. The van der Waals surface area contributed by atoms with E-state index in [0.29, 0.717) is 13.2 Å². The number of hydrogen-bond acceptors (Lipinski definition) is 6. The highest BCUT2D eigenvalue weighted by molar-refractivity contribution is 5.85. The summed E-state index contributed by atoms with van der Waals surface area (Å²) >= 11 is 0. The first-order valence-electron chi connectivity index (χ1n) is 10.6. The SMILES string of the molecule is CCc1noc2c(C)c(OCCCCOc3ccc4c(CC)noc4c3C)ccc12. The van der Waals surface area contributed by atoms with Gasteiger partial charge in [0.05, 0.1) is 24.6 Å². The summed E-state index contributed by atoms with van der Waals surface area (Å²) in [6, 6.07) is 8.07. The first-order valence-corrected chi connectivity index (χ1v) is 10.6. The van der Waals surface area contributed by atoms with Crippen molar-refractivity contribution in [2.24, 2.45) is 0 Å². The van der Waals surface area contributed by atoms with Crippen LogP contribution >= 0.6 is 0 Å². The average molecular weight is 408 g/mol. The first kappa shape index (κ1) is 20.3. The molecule has 30 heavy (non-hydrogen) atoms. The van der Waals surface area contributed by atoms with Crippen molar-refractivity contribution < 1.29 is 18.5 Å². The molecule has 2 aromatic carbocycles. The summed E-state index contributed by atoms with van der Waals surface area (Å²) in [5.74, 6) is 1.70. The molecule has 0 aliphatic carbocycles. The quantitative estimate of drug-likeness (QED) is 0.319. The van der Waals surface area contributed by atoms with Crippen molar-refractivity contribution in [3.05, 3.63) is 46.8 Å². The molecule has 0 fully saturated rings. The molecule has 0 saturated carbocycles. The third kappa shape index (κ3) is 3.74. The average Bonchev–Trinajstić information content (AvgIpc) is 3.37. The third-order valence-corrected chi connectivity index (χ3v) is 5.55. The number of benzene rings is 2. The van der Waals surface area contributed by atoms with Crippen molar-refractivity contribution in [3.63, 3.8) is 0 Å². The van der Waals surface area contributed by atoms with Crippen molar-refractivity contribution in [2.75, 3.05) is 13.2 Å². The van der Waals surface area contributed by atoms with Gasteiger partial charge in [-0.2, -0.15) is 0 Å². The molecular formula is C24H28N2O4. The molecule has 0 amide bonds. The molecule has 6 heteroatoms. The van der Waals surface area contributed by atoms with Gasteiger partial charge in [-0.3, -0.25) is 0 Å². The van der Waals surface area contributed by atoms with Crippen LogP contribution in [0.1, 0.15) is 49.2 Å². The second-order valence-corrected chi connectivity index (χ2v) is 7.50. The molecule has 0 bridgehead atoms. The van der Waals surface area contributed by atoms with Crippen LogP contribution in [0.15, 0.2) is 33.3 Å². The zero-order chi connectivity index (χ0) is 21.1. The standard InChI is InChI=1S/C24H28N2O4/c1-5-19-17-9-11-21(15(3)23(17)29-25-19)27-13-7-8-14-28-22-12-10-18-20(6-2)26-30-24(18)16(22)4/h9-12H,5-8,13-14H2,1-4H3. The predicted octanol–water partition coefficient (Wildman–Crippen LogP) is 5.95. The van der Waals surface area contributed by atoms with Crippen molar-refractivity contribution >= 4 is 21.9 Å². The lowest BCUT2D eigenvalue weighted by Gasteiger charge is -2.11. The van der Waals surface area contributed by atoms with Crippen LogP contribution in [-0.2, 0) is 12.8 Å². The van der Waals surface area contributed by atoms with Gasteiger partial charge in [-0.25, -0.2) is 0 Å². The van der Waals surface area contributed by atoms with E-state index in [4.69, 9.17) is 18.5 Å². The van der Waals surface area contributed by atoms with Crippen LogP contribution in [-0.4, -0.2) is 23.5 Å². The van der Waals surface area contributed by atoms with Crippen molar-refractivity contribution in [1.29, 1.82) is 0 Å². The monoisotopic (exact) mass is 408 g/mol. The van der Waals surface area contributed by atoms with Crippen LogP contribution < -0.4 is 9.47 Å². The Morgan fingerprint density at radius 3 is 1.53 bits per heavy atom. The maximum atomic E-state index is 5.97. The molecule has 0 aliphatic heterocycles. The number of hydrogen-bond donors (Lipinski definition) is 0. The lowest BCUT2D eigenvalue weighted by atomic mass is 10.1. The zero-order valence-electron chi connectivity index (χ0n) is 18.1. The van der Waals surface area contributed by atoms with E-state index in [9.17, 15) is 0 Å². The number of rotatable bonds is 9. The van der Waals surface area contributed by atoms with Gasteiger partial charge in [0.2, 0.25) is 0 Å². The van der Waals surface area contributed by atoms with Crippen LogP contribution in [0.2, 0.25) is 0 Å². The normalized spacial score (nSPS) is 11.5. The summed E-state index contributed by atoms with van der Waals surface area (Å²) < 4.78 is 22.9. The summed E-state index contributed by atoms with van der Waals surface area (Å²) in [6.07, 6.45) is 3.51. The summed E-state index contributed by atoms with van der Waals surface area (Å²) in [4.78, 5) is 0. The Morgan fingerprint density at radius 2 is 1.13 bits per heavy atom. The molecule has 4 aromatic rings. The molecule has 0 aliphatic rings. The minimum atomic E-state index is 0.629. The number of nitrogens with zero attached hydrogens (tertiary/aromatic N) is 2. The molecule has 0 N–H and O–H groups in total. The lowest BCUT2D eigenvalue weighted by molar-refractivity contribution is 0.264. The Kier molecular flexibility index (Phi) is 5.93. The van der Waals surface area contributed by atoms with Crippen molar-refractivity contribution in [2.45, 2.75) is 53.4 Å². The minimum absolute atomic E-state index is 0.629. The topological polar surface area (TPSA) is 70.5 Å².